The normalized spacial score (nSPS) is 39.0. The molecule has 2 aliphatic carbocycles. The number of carbonyl (C=O) groups is 4. The highest BCUT2D eigenvalue weighted by Gasteiger charge is 2.50. The van der Waals surface area contributed by atoms with E-state index in [1.807, 2.05) is 6.92 Å². The highest BCUT2D eigenvalue weighted by Crippen LogP contribution is 2.43. The molecule has 3 heterocycles. The van der Waals surface area contributed by atoms with Crippen molar-refractivity contribution >= 4 is 23.9 Å². The fourth-order valence-corrected chi connectivity index (χ4v) is 9.72. The molecule has 0 aromatic rings. The summed E-state index contributed by atoms with van der Waals surface area (Å²) in [6.45, 7) is 2.43. The molecule has 0 amide bonds. The second-order valence-electron chi connectivity index (χ2n) is 17.5. The first-order valence-electron chi connectivity index (χ1n) is 22.5. The summed E-state index contributed by atoms with van der Waals surface area (Å²) < 4.78 is 49.8. The van der Waals surface area contributed by atoms with Crippen LogP contribution in [-0.2, 0) is 61.8 Å². The van der Waals surface area contributed by atoms with Crippen molar-refractivity contribution in [3.63, 3.8) is 0 Å². The number of aliphatic hydroxyl groups excluding tert-OH is 10. The van der Waals surface area contributed by atoms with Gasteiger partial charge in [0, 0.05) is 41.4 Å². The highest BCUT2D eigenvalue weighted by atomic mass is 16.8. The van der Waals surface area contributed by atoms with Gasteiger partial charge >= 0.3 is 23.9 Å². The van der Waals surface area contributed by atoms with Crippen LogP contribution in [0.25, 0.3) is 0 Å². The summed E-state index contributed by atoms with van der Waals surface area (Å²) in [4.78, 5) is 53.1. The first-order chi connectivity index (χ1) is 32.4. The first-order valence-corrected chi connectivity index (χ1v) is 22.5. The molecule has 384 valence electrons. The Bertz CT molecular complexity index is 1860. The summed E-state index contributed by atoms with van der Waals surface area (Å²) in [6.07, 6.45) is -14.2. The fourth-order valence-electron chi connectivity index (χ4n) is 9.72. The zero-order chi connectivity index (χ0) is 50.1. The SMILES string of the molecule is CC=C1[C@H](OC2OC(CO)C(O)C(O)C2O)OC=C(C(=O)OC)[C@H]1CC(=O)OC[C@H]1[C@H](C(CO)COC(=O)C[C@@H]2C(C(=O)OC)=CC[C@@H](OC3OC(CO)C(O)C(O)C3O)C2=CC)[C@@H](O)C[C@@H]1C. The van der Waals surface area contributed by atoms with E-state index in [0.29, 0.717) is 5.57 Å². The van der Waals surface area contributed by atoms with E-state index in [0.717, 1.165) is 13.4 Å². The lowest BCUT2D eigenvalue weighted by Crippen LogP contribution is -2.60. The van der Waals surface area contributed by atoms with Gasteiger partial charge in [-0.05, 0) is 44.1 Å². The summed E-state index contributed by atoms with van der Waals surface area (Å²) in [5.74, 6) is -7.62. The van der Waals surface area contributed by atoms with Gasteiger partial charge in [0.2, 0.25) is 6.29 Å². The number of allylic oxidation sites excluding steroid dienone is 2. The van der Waals surface area contributed by atoms with Crippen LogP contribution in [0.15, 0.2) is 46.8 Å². The standard InChI is InChI=1S/C45H66O23/c1-6-21-24(23(41(58)60-4)8-9-29(21)65-44-39(56)37(54)35(52)30(14-47)66-44)11-32(50)62-16-20(13-46)34-26(19(3)10-28(34)49)17-63-33(51)12-25-22(7-2)43(64-18-27(25)42(59)61-5)68-45-40(57)38(55)36(53)31(15-48)67-45/h6-8,18-20,24-26,28-31,34-40,43-49,52-57H,9-17H2,1-5H3/t19-,20?,24-,25-,26+,28-,29+,30?,31?,34-,35?,36?,37?,38?,39?,40?,43-,44?,45?/m0/s1. The van der Waals surface area contributed by atoms with E-state index in [1.54, 1.807) is 19.9 Å². The van der Waals surface area contributed by atoms with Crippen molar-refractivity contribution in [3.05, 3.63) is 46.8 Å². The molecule has 0 bridgehead atoms. The van der Waals surface area contributed by atoms with Crippen LogP contribution < -0.4 is 0 Å². The highest BCUT2D eigenvalue weighted by molar-refractivity contribution is 5.91. The van der Waals surface area contributed by atoms with Crippen LogP contribution in [0.5, 0.6) is 0 Å². The Kier molecular flexibility index (Phi) is 20.0. The van der Waals surface area contributed by atoms with E-state index in [4.69, 9.17) is 42.6 Å². The number of methoxy groups -OCH3 is 2. The van der Waals surface area contributed by atoms with E-state index in [2.05, 4.69) is 0 Å². The summed E-state index contributed by atoms with van der Waals surface area (Å²) in [7, 11) is 2.29. The Morgan fingerprint density at radius 1 is 0.721 bits per heavy atom. The predicted molar refractivity (Wildman–Crippen MR) is 226 cm³/mol. The molecule has 0 aromatic carbocycles. The van der Waals surface area contributed by atoms with E-state index in [-0.39, 0.29) is 48.7 Å². The number of esters is 4. The van der Waals surface area contributed by atoms with Crippen LogP contribution in [-0.4, -0.2) is 202 Å². The van der Waals surface area contributed by atoms with Crippen molar-refractivity contribution in [2.24, 2.45) is 35.5 Å². The Balaban J connectivity index is 1.24. The van der Waals surface area contributed by atoms with Crippen molar-refractivity contribution in [2.75, 3.05) is 47.3 Å². The predicted octanol–water partition coefficient (Wildman–Crippen LogP) is -2.86. The van der Waals surface area contributed by atoms with Crippen LogP contribution in [0.1, 0.15) is 46.5 Å². The molecule has 3 fully saturated rings. The lowest BCUT2D eigenvalue weighted by molar-refractivity contribution is -0.327. The Morgan fingerprint density at radius 3 is 1.78 bits per heavy atom. The molecule has 5 aliphatic rings. The number of carbonyl (C=O) groups excluding carboxylic acids is 4. The molecule has 23 heteroatoms. The van der Waals surface area contributed by atoms with Gasteiger partial charge in [0.1, 0.15) is 48.8 Å². The number of ether oxygens (including phenoxy) is 9. The topological polar surface area (TPSA) is 354 Å². The average Bonchev–Trinajstić information content (AvgIpc) is 3.61. The van der Waals surface area contributed by atoms with Gasteiger partial charge in [-0.25, -0.2) is 9.59 Å². The van der Waals surface area contributed by atoms with Crippen LogP contribution in [0, 0.1) is 35.5 Å². The number of rotatable bonds is 18. The van der Waals surface area contributed by atoms with Crippen molar-refractivity contribution in [3.8, 4) is 0 Å². The molecule has 2 saturated heterocycles. The van der Waals surface area contributed by atoms with Crippen molar-refractivity contribution < 1.29 is 113 Å². The number of aliphatic hydroxyl groups is 10. The second-order valence-corrected chi connectivity index (χ2v) is 17.5. The van der Waals surface area contributed by atoms with Gasteiger partial charge in [-0.15, -0.1) is 0 Å². The minimum Gasteiger partial charge on any atom is -0.468 e. The first kappa shape index (κ1) is 55.0. The van der Waals surface area contributed by atoms with Crippen molar-refractivity contribution in [1.29, 1.82) is 0 Å². The van der Waals surface area contributed by atoms with Gasteiger partial charge in [-0.1, -0.05) is 25.2 Å². The number of hydrogen-bond acceptors (Lipinski definition) is 23. The molecule has 19 atom stereocenters. The van der Waals surface area contributed by atoms with Gasteiger partial charge in [-0.3, -0.25) is 9.59 Å². The van der Waals surface area contributed by atoms with E-state index in [9.17, 15) is 70.2 Å². The molecular weight excluding hydrogens is 908 g/mol. The molecule has 11 unspecified atom stereocenters. The molecule has 10 N–H and O–H groups in total. The van der Waals surface area contributed by atoms with Crippen molar-refractivity contribution in [2.45, 2.75) is 126 Å². The maximum absolute atomic E-state index is 13.6. The smallest absolute Gasteiger partial charge is 0.337 e. The quantitative estimate of drug-likeness (QED) is 0.0375. The van der Waals surface area contributed by atoms with Crippen LogP contribution in [0.2, 0.25) is 0 Å². The zero-order valence-electron chi connectivity index (χ0n) is 38.4. The summed E-state index contributed by atoms with van der Waals surface area (Å²) in [6, 6.07) is 0. The Hall–Kier alpha value is -3.92. The lowest BCUT2D eigenvalue weighted by Gasteiger charge is -2.42. The number of hydrogen-bond donors (Lipinski definition) is 10. The molecule has 3 aliphatic heterocycles. The molecular formula is C45H66O23. The summed E-state index contributed by atoms with van der Waals surface area (Å²) in [5, 5.41) is 103. The van der Waals surface area contributed by atoms with Gasteiger partial charge in [-0.2, -0.15) is 0 Å². The van der Waals surface area contributed by atoms with Gasteiger partial charge in [0.15, 0.2) is 12.6 Å². The van der Waals surface area contributed by atoms with E-state index in [1.165, 1.54) is 19.3 Å². The molecule has 68 heavy (non-hydrogen) atoms. The van der Waals surface area contributed by atoms with Crippen molar-refractivity contribution in [1.82, 2.24) is 0 Å². The van der Waals surface area contributed by atoms with Crippen LogP contribution in [0.3, 0.4) is 0 Å². The summed E-state index contributed by atoms with van der Waals surface area (Å²) in [5.41, 5.74) is 0.625. The van der Waals surface area contributed by atoms with E-state index >= 15 is 0 Å². The van der Waals surface area contributed by atoms with Crippen LogP contribution in [0.4, 0.5) is 0 Å². The Morgan fingerprint density at radius 2 is 1.25 bits per heavy atom. The van der Waals surface area contributed by atoms with E-state index < -0.39 is 166 Å². The zero-order valence-corrected chi connectivity index (χ0v) is 38.4. The lowest BCUT2D eigenvalue weighted by atomic mass is 9.79. The molecule has 1 saturated carbocycles. The molecule has 23 nitrogen and oxygen atoms in total. The third kappa shape index (κ3) is 12.1. The second kappa shape index (κ2) is 24.8. The third-order valence-corrected chi connectivity index (χ3v) is 13.5. The fraction of sp³-hybridized carbons (Fsp3) is 0.733. The maximum atomic E-state index is 13.6. The monoisotopic (exact) mass is 974 g/mol. The average molecular weight is 975 g/mol. The Labute approximate surface area is 392 Å². The van der Waals surface area contributed by atoms with Crippen LogP contribution >= 0.6 is 0 Å². The largest absolute Gasteiger partial charge is 0.468 e. The van der Waals surface area contributed by atoms with Gasteiger partial charge in [0.05, 0.1) is 77.5 Å². The minimum absolute atomic E-state index is 0.0517. The third-order valence-electron chi connectivity index (χ3n) is 13.5. The molecule has 0 radical (unpaired) electrons. The van der Waals surface area contributed by atoms with Gasteiger partial charge < -0.3 is 93.7 Å². The molecule has 0 aromatic heterocycles. The molecule has 5 rings (SSSR count). The van der Waals surface area contributed by atoms with Gasteiger partial charge in [0.25, 0.3) is 0 Å². The summed E-state index contributed by atoms with van der Waals surface area (Å²) >= 11 is 0. The maximum Gasteiger partial charge on any atom is 0.337 e. The minimum atomic E-state index is -1.78. The molecule has 0 spiro atoms.